The van der Waals surface area contributed by atoms with E-state index in [2.05, 4.69) is 4.90 Å². The van der Waals surface area contributed by atoms with Gasteiger partial charge in [0.2, 0.25) is 6.79 Å². The third-order valence-electron chi connectivity index (χ3n) is 3.42. The van der Waals surface area contributed by atoms with Gasteiger partial charge in [0.25, 0.3) is 0 Å². The van der Waals surface area contributed by atoms with Crippen LogP contribution in [0.5, 0.6) is 11.5 Å². The van der Waals surface area contributed by atoms with E-state index in [1.807, 2.05) is 12.1 Å². The largest absolute Gasteiger partial charge is 0.454 e. The highest BCUT2D eigenvalue weighted by Gasteiger charge is 2.23. The molecule has 3 rings (SSSR count). The molecule has 0 saturated carbocycles. The second-order valence-corrected chi connectivity index (χ2v) is 4.63. The van der Waals surface area contributed by atoms with Crippen LogP contribution in [0.3, 0.4) is 0 Å². The van der Waals surface area contributed by atoms with E-state index in [0.717, 1.165) is 35.8 Å². The highest BCUT2D eigenvalue weighted by molar-refractivity contribution is 5.63. The van der Waals surface area contributed by atoms with Crippen molar-refractivity contribution in [2.75, 3.05) is 24.8 Å². The summed E-state index contributed by atoms with van der Waals surface area (Å²) in [5, 5.41) is 9.87. The Hall–Kier alpha value is -1.42. The lowest BCUT2D eigenvalue weighted by Gasteiger charge is -2.23. The Bertz CT molecular complexity index is 425. The molecule has 1 atom stereocenters. The van der Waals surface area contributed by atoms with Gasteiger partial charge < -0.3 is 19.5 Å². The maximum Gasteiger partial charge on any atom is 0.231 e. The van der Waals surface area contributed by atoms with Crippen LogP contribution in [-0.4, -0.2) is 25.0 Å². The van der Waals surface area contributed by atoms with Gasteiger partial charge in [0.05, 0.1) is 6.10 Å². The lowest BCUT2D eigenvalue weighted by Crippen LogP contribution is -2.19. The molecule has 0 bridgehead atoms. The number of benzene rings is 1. The molecule has 1 aromatic rings. The first kappa shape index (κ1) is 10.7. The fourth-order valence-electron chi connectivity index (χ4n) is 2.51. The topological polar surface area (TPSA) is 41.9 Å². The van der Waals surface area contributed by atoms with E-state index in [0.29, 0.717) is 0 Å². The first-order valence-corrected chi connectivity index (χ1v) is 6.12. The second-order valence-electron chi connectivity index (χ2n) is 4.63. The van der Waals surface area contributed by atoms with Crippen molar-refractivity contribution in [1.82, 2.24) is 0 Å². The lowest BCUT2D eigenvalue weighted by molar-refractivity contribution is 0.173. The van der Waals surface area contributed by atoms with Crippen molar-refractivity contribution >= 4 is 5.69 Å². The summed E-state index contributed by atoms with van der Waals surface area (Å²) in [4.78, 5) is 2.31. The monoisotopic (exact) mass is 235 g/mol. The SMILES string of the molecule is CC(O)c1cc2c(cc1N1CCCC1)OCO2. The Morgan fingerprint density at radius 3 is 2.47 bits per heavy atom. The number of ether oxygens (including phenoxy) is 2. The maximum atomic E-state index is 9.87. The fourth-order valence-corrected chi connectivity index (χ4v) is 2.51. The van der Waals surface area contributed by atoms with Crippen LogP contribution in [0.2, 0.25) is 0 Å². The van der Waals surface area contributed by atoms with Gasteiger partial charge in [0.15, 0.2) is 11.5 Å². The Morgan fingerprint density at radius 2 is 1.82 bits per heavy atom. The molecule has 1 fully saturated rings. The molecule has 0 aliphatic carbocycles. The summed E-state index contributed by atoms with van der Waals surface area (Å²) < 4.78 is 10.8. The molecular weight excluding hydrogens is 218 g/mol. The smallest absolute Gasteiger partial charge is 0.231 e. The molecular formula is C13H17NO3. The highest BCUT2D eigenvalue weighted by Crippen LogP contribution is 2.41. The number of fused-ring (bicyclic) bond motifs is 1. The number of aliphatic hydroxyl groups excluding tert-OH is 1. The minimum atomic E-state index is -0.486. The molecule has 0 amide bonds. The van der Waals surface area contributed by atoms with Crippen molar-refractivity contribution in [3.63, 3.8) is 0 Å². The third kappa shape index (κ3) is 1.82. The molecule has 92 valence electrons. The van der Waals surface area contributed by atoms with Gasteiger partial charge in [-0.25, -0.2) is 0 Å². The van der Waals surface area contributed by atoms with Gasteiger partial charge in [-0.3, -0.25) is 0 Å². The highest BCUT2D eigenvalue weighted by atomic mass is 16.7. The Labute approximate surface area is 101 Å². The zero-order chi connectivity index (χ0) is 11.8. The standard InChI is InChI=1S/C13H17NO3/c1-9(15)10-6-12-13(17-8-16-12)7-11(10)14-4-2-3-5-14/h6-7,9,15H,2-5,8H2,1H3. The van der Waals surface area contributed by atoms with Gasteiger partial charge in [-0.2, -0.15) is 0 Å². The van der Waals surface area contributed by atoms with Crippen molar-refractivity contribution < 1.29 is 14.6 Å². The van der Waals surface area contributed by atoms with Crippen LogP contribution in [-0.2, 0) is 0 Å². The van der Waals surface area contributed by atoms with Gasteiger partial charge in [-0.15, -0.1) is 0 Å². The average Bonchev–Trinajstić information content (AvgIpc) is 2.98. The van der Waals surface area contributed by atoms with Crippen LogP contribution in [0.1, 0.15) is 31.4 Å². The van der Waals surface area contributed by atoms with Crippen molar-refractivity contribution in [2.24, 2.45) is 0 Å². The zero-order valence-corrected chi connectivity index (χ0v) is 9.98. The first-order chi connectivity index (χ1) is 8.25. The van der Waals surface area contributed by atoms with Gasteiger partial charge in [0, 0.05) is 30.4 Å². The number of aliphatic hydroxyl groups is 1. The lowest BCUT2D eigenvalue weighted by atomic mass is 10.1. The van der Waals surface area contributed by atoms with Gasteiger partial charge in [0.1, 0.15) is 0 Å². The molecule has 2 aliphatic rings. The summed E-state index contributed by atoms with van der Waals surface area (Å²) in [6.07, 6.45) is 1.95. The summed E-state index contributed by atoms with van der Waals surface area (Å²) in [6, 6.07) is 3.90. The maximum absolute atomic E-state index is 9.87. The molecule has 2 heterocycles. The number of nitrogens with zero attached hydrogens (tertiary/aromatic N) is 1. The van der Waals surface area contributed by atoms with Crippen molar-refractivity contribution in [2.45, 2.75) is 25.9 Å². The van der Waals surface area contributed by atoms with Crippen LogP contribution >= 0.6 is 0 Å². The molecule has 1 saturated heterocycles. The quantitative estimate of drug-likeness (QED) is 0.852. The van der Waals surface area contributed by atoms with E-state index in [9.17, 15) is 5.11 Å². The number of rotatable bonds is 2. The van der Waals surface area contributed by atoms with Gasteiger partial charge >= 0.3 is 0 Å². The van der Waals surface area contributed by atoms with Gasteiger partial charge in [-0.1, -0.05) is 0 Å². The Kier molecular flexibility index (Phi) is 2.59. The number of hydrogen-bond donors (Lipinski definition) is 1. The molecule has 4 heteroatoms. The normalized spacial score (nSPS) is 19.8. The van der Waals surface area contributed by atoms with Gasteiger partial charge in [-0.05, 0) is 25.8 Å². The molecule has 0 spiro atoms. The number of hydrogen-bond acceptors (Lipinski definition) is 4. The van der Waals surface area contributed by atoms with Crippen LogP contribution in [0, 0.1) is 0 Å². The summed E-state index contributed by atoms with van der Waals surface area (Å²) in [5.41, 5.74) is 2.01. The first-order valence-electron chi connectivity index (χ1n) is 6.12. The molecule has 1 N–H and O–H groups in total. The minimum Gasteiger partial charge on any atom is -0.454 e. The fraction of sp³-hybridized carbons (Fsp3) is 0.538. The Balaban J connectivity index is 2.04. The number of anilines is 1. The molecule has 1 aromatic carbocycles. The molecule has 17 heavy (non-hydrogen) atoms. The predicted octanol–water partition coefficient (Wildman–Crippen LogP) is 2.07. The van der Waals surface area contributed by atoms with Crippen LogP contribution in [0.4, 0.5) is 5.69 Å². The Morgan fingerprint density at radius 1 is 1.18 bits per heavy atom. The van der Waals surface area contributed by atoms with Crippen LogP contribution in [0.25, 0.3) is 0 Å². The van der Waals surface area contributed by atoms with E-state index in [1.165, 1.54) is 12.8 Å². The van der Waals surface area contributed by atoms with E-state index in [4.69, 9.17) is 9.47 Å². The van der Waals surface area contributed by atoms with E-state index in [1.54, 1.807) is 6.92 Å². The molecule has 0 radical (unpaired) electrons. The van der Waals surface area contributed by atoms with E-state index < -0.39 is 6.10 Å². The summed E-state index contributed by atoms with van der Waals surface area (Å²) in [6.45, 7) is 4.17. The van der Waals surface area contributed by atoms with E-state index >= 15 is 0 Å². The van der Waals surface area contributed by atoms with E-state index in [-0.39, 0.29) is 6.79 Å². The third-order valence-corrected chi connectivity index (χ3v) is 3.42. The summed E-state index contributed by atoms with van der Waals surface area (Å²) in [7, 11) is 0. The van der Waals surface area contributed by atoms with Crippen molar-refractivity contribution in [3.05, 3.63) is 17.7 Å². The molecule has 0 aromatic heterocycles. The molecule has 4 nitrogen and oxygen atoms in total. The summed E-state index contributed by atoms with van der Waals surface area (Å²) >= 11 is 0. The van der Waals surface area contributed by atoms with Crippen LogP contribution < -0.4 is 14.4 Å². The van der Waals surface area contributed by atoms with Crippen molar-refractivity contribution in [1.29, 1.82) is 0 Å². The predicted molar refractivity (Wildman–Crippen MR) is 64.6 cm³/mol. The molecule has 2 aliphatic heterocycles. The molecule has 1 unspecified atom stereocenters. The van der Waals surface area contributed by atoms with Crippen molar-refractivity contribution in [3.8, 4) is 11.5 Å². The minimum absolute atomic E-state index is 0.276. The summed E-state index contributed by atoms with van der Waals surface area (Å²) in [5.74, 6) is 1.53. The average molecular weight is 235 g/mol. The zero-order valence-electron chi connectivity index (χ0n) is 9.98. The van der Waals surface area contributed by atoms with Crippen LogP contribution in [0.15, 0.2) is 12.1 Å². The second kappa shape index (κ2) is 4.11.